The van der Waals surface area contributed by atoms with Gasteiger partial charge in [-0.2, -0.15) is 5.10 Å². The Morgan fingerprint density at radius 2 is 2.00 bits per heavy atom. The topological polar surface area (TPSA) is 85.9 Å². The van der Waals surface area contributed by atoms with Gasteiger partial charge in [0.25, 0.3) is 5.69 Å². The molecule has 0 saturated heterocycles. The maximum atomic E-state index is 11.3. The summed E-state index contributed by atoms with van der Waals surface area (Å²) in [4.78, 5) is 15.3. The van der Waals surface area contributed by atoms with Crippen molar-refractivity contribution in [3.05, 3.63) is 64.3 Å². The zero-order valence-corrected chi connectivity index (χ0v) is 12.1. The molecule has 114 valence electrons. The van der Waals surface area contributed by atoms with E-state index in [1.54, 1.807) is 29.1 Å². The first-order valence-corrected chi connectivity index (χ1v) is 7.26. The van der Waals surface area contributed by atoms with Crippen LogP contribution >= 0.6 is 0 Å². The highest BCUT2D eigenvalue weighted by Gasteiger charge is 2.27. The number of benzene rings is 1. The molecule has 1 aliphatic heterocycles. The van der Waals surface area contributed by atoms with Crippen LogP contribution in [0.5, 0.6) is 0 Å². The molecule has 4 rings (SSSR count). The first kappa shape index (κ1) is 13.4. The molecule has 1 N–H and O–H groups in total. The van der Waals surface area contributed by atoms with E-state index in [0.717, 1.165) is 35.7 Å². The van der Waals surface area contributed by atoms with Gasteiger partial charge in [-0.15, -0.1) is 0 Å². The highest BCUT2D eigenvalue weighted by Crippen LogP contribution is 2.35. The molecule has 0 amide bonds. The van der Waals surface area contributed by atoms with Gasteiger partial charge in [0, 0.05) is 24.4 Å². The van der Waals surface area contributed by atoms with Gasteiger partial charge in [-0.3, -0.25) is 15.1 Å². The van der Waals surface area contributed by atoms with Crippen LogP contribution in [0.1, 0.15) is 5.56 Å². The molecule has 0 spiro atoms. The van der Waals surface area contributed by atoms with Crippen molar-refractivity contribution >= 4 is 11.5 Å². The van der Waals surface area contributed by atoms with Crippen LogP contribution in [0.25, 0.3) is 17.1 Å². The van der Waals surface area contributed by atoms with Crippen LogP contribution < -0.4 is 5.32 Å². The quantitative estimate of drug-likeness (QED) is 0.594. The average molecular weight is 307 g/mol. The molecule has 0 atom stereocenters. The molecular formula is C16H13N5O2. The second-order valence-electron chi connectivity index (χ2n) is 5.23. The Kier molecular flexibility index (Phi) is 3.04. The van der Waals surface area contributed by atoms with Crippen molar-refractivity contribution < 1.29 is 4.92 Å². The third-order valence-electron chi connectivity index (χ3n) is 3.87. The molecule has 0 radical (unpaired) electrons. The lowest BCUT2D eigenvalue weighted by atomic mass is 10.1. The summed E-state index contributed by atoms with van der Waals surface area (Å²) in [6.45, 7) is 0.785. The molecule has 3 aromatic rings. The van der Waals surface area contributed by atoms with E-state index in [1.807, 2.05) is 18.2 Å². The van der Waals surface area contributed by atoms with Crippen LogP contribution in [0.2, 0.25) is 0 Å². The maximum Gasteiger partial charge on any atom is 0.294 e. The molecule has 7 nitrogen and oxygen atoms in total. The SMILES string of the molecule is O=[N+]([O-])c1ccccc1-n1nc(-c2ccccn2)c2c1NCC2. The molecule has 3 heterocycles. The number of aromatic nitrogens is 3. The van der Waals surface area contributed by atoms with Crippen molar-refractivity contribution in [3.8, 4) is 17.1 Å². The fourth-order valence-corrected chi connectivity index (χ4v) is 2.86. The van der Waals surface area contributed by atoms with Gasteiger partial charge in [-0.1, -0.05) is 18.2 Å². The highest BCUT2D eigenvalue weighted by molar-refractivity contribution is 5.71. The van der Waals surface area contributed by atoms with E-state index in [2.05, 4.69) is 15.4 Å². The van der Waals surface area contributed by atoms with Gasteiger partial charge in [0.05, 0.1) is 10.6 Å². The molecule has 0 fully saturated rings. The minimum Gasteiger partial charge on any atom is -0.369 e. The van der Waals surface area contributed by atoms with E-state index in [1.165, 1.54) is 6.07 Å². The van der Waals surface area contributed by atoms with Gasteiger partial charge in [0.2, 0.25) is 0 Å². The van der Waals surface area contributed by atoms with Gasteiger partial charge in [-0.05, 0) is 24.6 Å². The van der Waals surface area contributed by atoms with Crippen molar-refractivity contribution in [2.45, 2.75) is 6.42 Å². The second kappa shape index (κ2) is 5.20. The average Bonchev–Trinajstić information content (AvgIpc) is 3.18. The summed E-state index contributed by atoms with van der Waals surface area (Å²) in [7, 11) is 0. The number of nitrogens with zero attached hydrogens (tertiary/aromatic N) is 4. The number of rotatable bonds is 3. The minimum atomic E-state index is -0.390. The first-order valence-electron chi connectivity index (χ1n) is 7.26. The molecule has 1 aromatic carbocycles. The third-order valence-corrected chi connectivity index (χ3v) is 3.87. The zero-order valence-electron chi connectivity index (χ0n) is 12.1. The van der Waals surface area contributed by atoms with Gasteiger partial charge in [0.15, 0.2) is 0 Å². The largest absolute Gasteiger partial charge is 0.369 e. The summed E-state index contributed by atoms with van der Waals surface area (Å²) in [6, 6.07) is 12.3. The number of para-hydroxylation sites is 2. The van der Waals surface area contributed by atoms with E-state index in [4.69, 9.17) is 0 Å². The number of pyridine rings is 1. The fourth-order valence-electron chi connectivity index (χ4n) is 2.86. The minimum absolute atomic E-state index is 0.0269. The lowest BCUT2D eigenvalue weighted by Gasteiger charge is -2.06. The summed E-state index contributed by atoms with van der Waals surface area (Å²) in [6.07, 6.45) is 2.54. The van der Waals surface area contributed by atoms with Crippen LogP contribution in [-0.2, 0) is 6.42 Å². The zero-order chi connectivity index (χ0) is 15.8. The summed E-state index contributed by atoms with van der Waals surface area (Å²) in [5.41, 5.74) is 3.06. The Labute approximate surface area is 131 Å². The van der Waals surface area contributed by atoms with Gasteiger partial charge in [0.1, 0.15) is 17.2 Å². The van der Waals surface area contributed by atoms with Crippen molar-refractivity contribution in [1.29, 1.82) is 0 Å². The number of anilines is 1. The van der Waals surface area contributed by atoms with Gasteiger partial charge in [-0.25, -0.2) is 4.68 Å². The lowest BCUT2D eigenvalue weighted by Crippen LogP contribution is -2.06. The summed E-state index contributed by atoms with van der Waals surface area (Å²) in [5.74, 6) is 0.806. The summed E-state index contributed by atoms with van der Waals surface area (Å²) >= 11 is 0. The normalized spacial score (nSPS) is 12.7. The predicted octanol–water partition coefficient (Wildman–Crippen LogP) is 2.81. The summed E-state index contributed by atoms with van der Waals surface area (Å²) < 4.78 is 1.62. The Morgan fingerprint density at radius 3 is 2.78 bits per heavy atom. The smallest absolute Gasteiger partial charge is 0.294 e. The lowest BCUT2D eigenvalue weighted by molar-refractivity contribution is -0.384. The number of fused-ring (bicyclic) bond motifs is 1. The van der Waals surface area contributed by atoms with E-state index in [9.17, 15) is 10.1 Å². The van der Waals surface area contributed by atoms with Crippen LogP contribution in [0.3, 0.4) is 0 Å². The van der Waals surface area contributed by atoms with Crippen LogP contribution in [0.15, 0.2) is 48.7 Å². The Balaban J connectivity index is 1.94. The summed E-state index contributed by atoms with van der Waals surface area (Å²) in [5, 5.41) is 19.2. The Morgan fingerprint density at radius 1 is 1.17 bits per heavy atom. The number of nitro groups is 1. The molecule has 23 heavy (non-hydrogen) atoms. The molecule has 0 aliphatic carbocycles. The number of hydrogen-bond donors (Lipinski definition) is 1. The van der Waals surface area contributed by atoms with Crippen molar-refractivity contribution in [3.63, 3.8) is 0 Å². The Bertz CT molecular complexity index is 889. The predicted molar refractivity (Wildman–Crippen MR) is 85.6 cm³/mol. The van der Waals surface area contributed by atoms with E-state index < -0.39 is 4.92 Å². The van der Waals surface area contributed by atoms with Gasteiger partial charge >= 0.3 is 0 Å². The van der Waals surface area contributed by atoms with E-state index in [-0.39, 0.29) is 5.69 Å². The molecular weight excluding hydrogens is 294 g/mol. The molecule has 1 aliphatic rings. The maximum absolute atomic E-state index is 11.3. The monoisotopic (exact) mass is 307 g/mol. The van der Waals surface area contributed by atoms with Crippen LogP contribution in [0.4, 0.5) is 11.5 Å². The molecule has 0 bridgehead atoms. The molecule has 0 saturated carbocycles. The van der Waals surface area contributed by atoms with Crippen molar-refractivity contribution in [2.75, 3.05) is 11.9 Å². The highest BCUT2D eigenvalue weighted by atomic mass is 16.6. The van der Waals surface area contributed by atoms with Crippen molar-refractivity contribution in [1.82, 2.24) is 14.8 Å². The van der Waals surface area contributed by atoms with E-state index in [0.29, 0.717) is 5.69 Å². The first-order chi connectivity index (χ1) is 11.3. The number of hydrogen-bond acceptors (Lipinski definition) is 5. The standard InChI is InChI=1S/C16H13N5O2/c22-21(23)14-7-2-1-6-13(14)20-16-11(8-10-18-16)15(19-20)12-5-3-4-9-17-12/h1-7,9,18H,8,10H2. The number of nitrogens with one attached hydrogen (secondary N) is 1. The number of nitro benzene ring substituents is 1. The van der Waals surface area contributed by atoms with Gasteiger partial charge < -0.3 is 5.32 Å². The van der Waals surface area contributed by atoms with Crippen molar-refractivity contribution in [2.24, 2.45) is 0 Å². The molecule has 0 unspecified atom stereocenters. The van der Waals surface area contributed by atoms with E-state index >= 15 is 0 Å². The molecule has 7 heteroatoms. The van der Waals surface area contributed by atoms with Crippen LogP contribution in [-0.4, -0.2) is 26.2 Å². The third kappa shape index (κ3) is 2.13. The van der Waals surface area contributed by atoms with Crippen LogP contribution in [0, 0.1) is 10.1 Å². The second-order valence-corrected chi connectivity index (χ2v) is 5.23. The fraction of sp³-hybridized carbons (Fsp3) is 0.125. The molecule has 2 aromatic heterocycles. The Hall–Kier alpha value is -3.22.